The number of thioether (sulfide) groups is 1. The Kier molecular flexibility index (Phi) is 8.19. The normalized spacial score (nSPS) is 17.5. The van der Waals surface area contributed by atoms with Crippen LogP contribution in [0.1, 0.15) is 49.3 Å². The Morgan fingerprint density at radius 2 is 1.82 bits per heavy atom. The number of hydrogen-bond acceptors (Lipinski definition) is 5. The second-order valence-corrected chi connectivity index (χ2v) is 11.5. The topological polar surface area (TPSA) is 54.8 Å². The van der Waals surface area contributed by atoms with Crippen molar-refractivity contribution >= 4 is 57.1 Å². The van der Waals surface area contributed by atoms with E-state index in [0.717, 1.165) is 60.1 Å². The smallest absolute Gasteiger partial charge is 0.266 e. The summed E-state index contributed by atoms with van der Waals surface area (Å²) >= 11 is 6.92. The number of aryl methyl sites for hydroxylation is 1. The molecule has 2 aliphatic heterocycles. The zero-order chi connectivity index (χ0) is 26.6. The van der Waals surface area contributed by atoms with Crippen molar-refractivity contribution in [1.82, 2.24) is 14.4 Å². The fourth-order valence-electron chi connectivity index (χ4n) is 5.25. The summed E-state index contributed by atoms with van der Waals surface area (Å²) in [7, 11) is 1.63. The largest absolute Gasteiger partial charge is 0.497 e. The van der Waals surface area contributed by atoms with E-state index in [4.69, 9.17) is 17.0 Å². The minimum Gasteiger partial charge on any atom is -0.497 e. The van der Waals surface area contributed by atoms with Crippen LogP contribution in [0, 0.1) is 0 Å². The number of methoxy groups -OCH3 is 1. The number of ether oxygens (including phenoxy) is 1. The van der Waals surface area contributed by atoms with Crippen LogP contribution in [0.2, 0.25) is 0 Å². The molecule has 38 heavy (non-hydrogen) atoms. The number of hydrogen-bond donors (Lipinski definition) is 0. The van der Waals surface area contributed by atoms with Gasteiger partial charge in [-0.1, -0.05) is 74.1 Å². The summed E-state index contributed by atoms with van der Waals surface area (Å²) < 4.78 is 7.86. The van der Waals surface area contributed by atoms with Crippen LogP contribution in [0.15, 0.2) is 53.6 Å². The minimum absolute atomic E-state index is 0.0935. The van der Waals surface area contributed by atoms with Crippen molar-refractivity contribution in [2.45, 2.75) is 52.1 Å². The number of rotatable bonds is 7. The number of thiocarbonyl (C=S) groups is 1. The van der Waals surface area contributed by atoms with Crippen LogP contribution < -0.4 is 4.74 Å². The molecule has 0 N–H and O–H groups in total. The quantitative estimate of drug-likeness (QED) is 0.268. The average molecular weight is 548 g/mol. The molecule has 1 aromatic heterocycles. The molecule has 6 nitrogen and oxygen atoms in total. The Morgan fingerprint density at radius 1 is 1.08 bits per heavy atom. The number of carbonyl (C=O) groups is 2. The molecule has 0 aliphatic carbocycles. The lowest BCUT2D eigenvalue weighted by molar-refractivity contribution is -0.131. The molecule has 0 atom stereocenters. The summed E-state index contributed by atoms with van der Waals surface area (Å²) in [6, 6.07) is 13.9. The molecule has 3 aromatic rings. The van der Waals surface area contributed by atoms with E-state index in [0.29, 0.717) is 22.3 Å². The van der Waals surface area contributed by atoms with Gasteiger partial charge >= 0.3 is 0 Å². The maximum Gasteiger partial charge on any atom is 0.266 e. The van der Waals surface area contributed by atoms with Gasteiger partial charge in [-0.25, -0.2) is 0 Å². The Hall–Kier alpha value is -3.10. The summed E-state index contributed by atoms with van der Waals surface area (Å²) in [6.45, 7) is 4.52. The van der Waals surface area contributed by atoms with E-state index >= 15 is 0 Å². The maximum absolute atomic E-state index is 13.4. The highest BCUT2D eigenvalue weighted by atomic mass is 32.2. The van der Waals surface area contributed by atoms with Crippen LogP contribution in [0.25, 0.3) is 17.0 Å². The Balaban J connectivity index is 1.43. The monoisotopic (exact) mass is 547 g/mol. The molecule has 2 aliphatic rings. The van der Waals surface area contributed by atoms with E-state index in [2.05, 4.69) is 23.6 Å². The molecular weight excluding hydrogens is 514 g/mol. The molecular formula is C30H33N3O3S2. The fraction of sp³-hybridized carbons (Fsp3) is 0.367. The van der Waals surface area contributed by atoms with Gasteiger partial charge in [-0.15, -0.1) is 0 Å². The first-order valence-corrected chi connectivity index (χ1v) is 14.5. The van der Waals surface area contributed by atoms with Gasteiger partial charge < -0.3 is 14.2 Å². The third-order valence-electron chi connectivity index (χ3n) is 7.32. The van der Waals surface area contributed by atoms with Gasteiger partial charge in [0.1, 0.15) is 16.6 Å². The second kappa shape index (κ2) is 11.7. The molecule has 3 heterocycles. The van der Waals surface area contributed by atoms with Gasteiger partial charge in [0.25, 0.3) is 5.91 Å². The maximum atomic E-state index is 13.4. The molecule has 2 amide bonds. The van der Waals surface area contributed by atoms with Gasteiger partial charge in [0.05, 0.1) is 24.1 Å². The number of likely N-dealkylation sites (tertiary alicyclic amines) is 1. The van der Waals surface area contributed by atoms with E-state index in [-0.39, 0.29) is 11.8 Å². The van der Waals surface area contributed by atoms with Gasteiger partial charge in [0.2, 0.25) is 5.91 Å². The van der Waals surface area contributed by atoms with Gasteiger partial charge in [-0.2, -0.15) is 0 Å². The molecule has 5 rings (SSSR count). The van der Waals surface area contributed by atoms with Crippen LogP contribution in [-0.4, -0.2) is 50.7 Å². The lowest BCUT2D eigenvalue weighted by Crippen LogP contribution is -2.34. The first-order valence-electron chi connectivity index (χ1n) is 13.2. The molecule has 2 saturated heterocycles. The van der Waals surface area contributed by atoms with Crippen molar-refractivity contribution < 1.29 is 14.3 Å². The van der Waals surface area contributed by atoms with Crippen LogP contribution in [0.5, 0.6) is 5.75 Å². The average Bonchev–Trinajstić information content (AvgIpc) is 3.24. The highest BCUT2D eigenvalue weighted by Crippen LogP contribution is 2.36. The van der Waals surface area contributed by atoms with Crippen LogP contribution in [0.3, 0.4) is 0 Å². The molecule has 0 saturated carbocycles. The molecule has 0 radical (unpaired) electrons. The van der Waals surface area contributed by atoms with E-state index in [1.165, 1.54) is 30.2 Å². The van der Waals surface area contributed by atoms with Crippen LogP contribution in [-0.2, 0) is 29.1 Å². The van der Waals surface area contributed by atoms with Crippen molar-refractivity contribution in [2.24, 2.45) is 0 Å². The lowest BCUT2D eigenvalue weighted by Gasteiger charge is -2.21. The SMILES string of the molecule is CCc1cccc2c(/C=C3\SC(=S)N(Cc4ccc(OC)cc4)C3=O)cn(CC(=O)N3CCCCCC3)c12. The van der Waals surface area contributed by atoms with Gasteiger partial charge in [-0.3, -0.25) is 14.5 Å². The van der Waals surface area contributed by atoms with Crippen molar-refractivity contribution in [2.75, 3.05) is 20.2 Å². The number of nitrogens with zero attached hydrogens (tertiary/aromatic N) is 3. The van der Waals surface area contributed by atoms with E-state index in [1.807, 2.05) is 47.5 Å². The second-order valence-electron chi connectivity index (χ2n) is 9.79. The number of carbonyl (C=O) groups excluding carboxylic acids is 2. The van der Waals surface area contributed by atoms with E-state index in [1.54, 1.807) is 12.0 Å². The van der Waals surface area contributed by atoms with Gasteiger partial charge in [0.15, 0.2) is 0 Å². The highest BCUT2D eigenvalue weighted by molar-refractivity contribution is 8.26. The Labute approximate surface area is 233 Å². The first kappa shape index (κ1) is 26.5. The molecule has 2 aromatic carbocycles. The number of fused-ring (bicyclic) bond motifs is 1. The minimum atomic E-state index is -0.0935. The lowest BCUT2D eigenvalue weighted by atomic mass is 10.1. The third kappa shape index (κ3) is 5.52. The fourth-order valence-corrected chi connectivity index (χ4v) is 6.49. The van der Waals surface area contributed by atoms with E-state index in [9.17, 15) is 9.59 Å². The number of para-hydroxylation sites is 1. The summed E-state index contributed by atoms with van der Waals surface area (Å²) in [4.78, 5) is 30.9. The standard InChI is InChI=1S/C30H33N3O3S2/c1-3-22-9-8-10-25-23(19-32(28(22)25)20-27(34)31-15-6-4-5-7-16-31)17-26-29(35)33(30(37)38-26)18-21-11-13-24(36-2)14-12-21/h8-14,17,19H,3-7,15-16,18,20H2,1-2H3/b26-17-. The van der Waals surface area contributed by atoms with Gasteiger partial charge in [-0.05, 0) is 48.6 Å². The number of aromatic nitrogens is 1. The summed E-state index contributed by atoms with van der Waals surface area (Å²) in [5, 5.41) is 1.05. The van der Waals surface area contributed by atoms with Crippen molar-refractivity contribution in [3.05, 3.63) is 70.3 Å². The predicted octanol–water partition coefficient (Wildman–Crippen LogP) is 6.02. The summed E-state index contributed by atoms with van der Waals surface area (Å²) in [5.74, 6) is 0.840. The molecule has 2 fully saturated rings. The van der Waals surface area contributed by atoms with Crippen LogP contribution >= 0.6 is 24.0 Å². The number of benzene rings is 2. The molecule has 0 bridgehead atoms. The molecule has 0 spiro atoms. The van der Waals surface area contributed by atoms with E-state index < -0.39 is 0 Å². The van der Waals surface area contributed by atoms with Crippen molar-refractivity contribution in [3.8, 4) is 5.75 Å². The molecule has 0 unspecified atom stereocenters. The molecule has 198 valence electrons. The van der Waals surface area contributed by atoms with Crippen molar-refractivity contribution in [1.29, 1.82) is 0 Å². The van der Waals surface area contributed by atoms with Crippen LogP contribution in [0.4, 0.5) is 0 Å². The third-order valence-corrected chi connectivity index (χ3v) is 8.70. The first-order chi connectivity index (χ1) is 18.5. The zero-order valence-corrected chi connectivity index (χ0v) is 23.6. The summed E-state index contributed by atoms with van der Waals surface area (Å²) in [5.41, 5.74) is 4.18. The Bertz CT molecular complexity index is 1390. The van der Waals surface area contributed by atoms with Gasteiger partial charge in [0, 0.05) is 30.2 Å². The highest BCUT2D eigenvalue weighted by Gasteiger charge is 2.32. The number of amides is 2. The Morgan fingerprint density at radius 3 is 2.50 bits per heavy atom. The predicted molar refractivity (Wildman–Crippen MR) is 158 cm³/mol. The van der Waals surface area contributed by atoms with Crippen molar-refractivity contribution in [3.63, 3.8) is 0 Å². The zero-order valence-electron chi connectivity index (χ0n) is 21.9. The molecule has 8 heteroatoms. The summed E-state index contributed by atoms with van der Waals surface area (Å²) in [6.07, 6.45) is 9.35.